The summed E-state index contributed by atoms with van der Waals surface area (Å²) in [6.07, 6.45) is 2.93. The van der Waals surface area contributed by atoms with E-state index in [4.69, 9.17) is 5.84 Å². The first-order valence-electron chi connectivity index (χ1n) is 2.85. The molecule has 0 aromatic carbocycles. The number of hydrogen-bond donors (Lipinski definition) is 1. The average molecular weight is 168 g/mol. The molecule has 2 heterocycles. The van der Waals surface area contributed by atoms with Crippen molar-refractivity contribution in [3.8, 4) is 0 Å². The third-order valence-electron chi connectivity index (χ3n) is 1.28. The minimum Gasteiger partial charge on any atom is -0.334 e. The predicted octanol–water partition coefficient (Wildman–Crippen LogP) is -0.433. The Kier molecular flexibility index (Phi) is 1.16. The second-order valence-electron chi connectivity index (χ2n) is 1.95. The lowest BCUT2D eigenvalue weighted by Gasteiger charge is -1.88. The molecule has 0 atom stereocenters. The van der Waals surface area contributed by atoms with Crippen LogP contribution in [0.1, 0.15) is 0 Å². The molecule has 2 N–H and O–H groups in total. The minimum atomic E-state index is -0.222. The quantitative estimate of drug-likeness (QED) is 0.541. The highest BCUT2D eigenvalue weighted by Gasteiger charge is 2.03. The molecule has 0 bridgehead atoms. The Morgan fingerprint density at radius 1 is 1.64 bits per heavy atom. The molecule has 0 saturated carbocycles. The summed E-state index contributed by atoms with van der Waals surface area (Å²) in [5, 5.41) is 0. The molecule has 0 fully saturated rings. The van der Waals surface area contributed by atoms with Gasteiger partial charge in [0.15, 0.2) is 5.65 Å². The van der Waals surface area contributed by atoms with Gasteiger partial charge in [-0.3, -0.25) is 4.79 Å². The summed E-state index contributed by atoms with van der Waals surface area (Å²) in [6.45, 7) is 0. The van der Waals surface area contributed by atoms with Crippen LogP contribution in [0.4, 0.5) is 0 Å². The number of nitrogen functional groups attached to an aromatic ring is 1. The van der Waals surface area contributed by atoms with Crippen LogP contribution in [0.15, 0.2) is 17.3 Å². The van der Waals surface area contributed by atoms with Crippen molar-refractivity contribution in [2.45, 2.75) is 0 Å². The number of rotatable bonds is 0. The summed E-state index contributed by atoms with van der Waals surface area (Å²) in [5.41, 5.74) is 0.481. The molecule has 0 aliphatic rings. The molecule has 2 aromatic rings. The van der Waals surface area contributed by atoms with Gasteiger partial charge < -0.3 is 5.84 Å². The van der Waals surface area contributed by atoms with E-state index in [1.165, 1.54) is 6.33 Å². The molecule has 11 heavy (non-hydrogen) atoms. The number of nitrogens with two attached hydrogens (primary N) is 1. The average Bonchev–Trinajstić information content (AvgIpc) is 2.30. The van der Waals surface area contributed by atoms with Crippen molar-refractivity contribution in [1.29, 1.82) is 0 Å². The van der Waals surface area contributed by atoms with E-state index in [2.05, 4.69) is 9.97 Å². The summed E-state index contributed by atoms with van der Waals surface area (Å²) < 4.78 is 1.72. The number of nitrogens with zero attached hydrogens (tertiary/aromatic N) is 3. The van der Waals surface area contributed by atoms with Crippen LogP contribution in [0.5, 0.6) is 0 Å². The normalized spacial score (nSPS) is 10.5. The lowest BCUT2D eigenvalue weighted by molar-refractivity contribution is 0.995. The maximum atomic E-state index is 10.9. The fourth-order valence-corrected chi connectivity index (χ4v) is 1.52. The molecule has 0 amide bonds. The van der Waals surface area contributed by atoms with Gasteiger partial charge in [0.2, 0.25) is 0 Å². The Balaban J connectivity index is 3.04. The summed E-state index contributed by atoms with van der Waals surface area (Å²) in [5.74, 6) is 5.36. The number of aromatic nitrogens is 3. The number of hydrogen-bond acceptors (Lipinski definition) is 5. The van der Waals surface area contributed by atoms with E-state index in [0.717, 1.165) is 16.0 Å². The summed E-state index contributed by atoms with van der Waals surface area (Å²) in [4.78, 5) is 18.3. The molecule has 2 rings (SSSR count). The highest BCUT2D eigenvalue weighted by atomic mass is 32.1. The lowest BCUT2D eigenvalue weighted by Crippen LogP contribution is -2.21. The molecular weight excluding hydrogens is 164 g/mol. The SMILES string of the molecule is Nn1c(=O)sc2cncnc21. The van der Waals surface area contributed by atoms with Crippen molar-refractivity contribution in [2.24, 2.45) is 0 Å². The maximum absolute atomic E-state index is 10.9. The second-order valence-corrected chi connectivity index (χ2v) is 2.94. The van der Waals surface area contributed by atoms with Crippen molar-refractivity contribution in [3.63, 3.8) is 0 Å². The van der Waals surface area contributed by atoms with Crippen molar-refractivity contribution < 1.29 is 0 Å². The highest BCUT2D eigenvalue weighted by molar-refractivity contribution is 7.16. The molecule has 0 aliphatic heterocycles. The molecular formula is C5H4N4OS. The van der Waals surface area contributed by atoms with E-state index < -0.39 is 0 Å². The third-order valence-corrected chi connectivity index (χ3v) is 2.16. The van der Waals surface area contributed by atoms with Gasteiger partial charge in [-0.1, -0.05) is 11.3 Å². The van der Waals surface area contributed by atoms with Gasteiger partial charge in [0.05, 0.1) is 4.70 Å². The highest BCUT2D eigenvalue weighted by Crippen LogP contribution is 2.09. The zero-order chi connectivity index (χ0) is 7.84. The molecule has 0 spiro atoms. The Morgan fingerprint density at radius 3 is 3.18 bits per heavy atom. The second kappa shape index (κ2) is 2.03. The summed E-state index contributed by atoms with van der Waals surface area (Å²) in [7, 11) is 0. The number of fused-ring (bicyclic) bond motifs is 1. The Labute approximate surface area is 65.1 Å². The van der Waals surface area contributed by atoms with Crippen LogP contribution in [0, 0.1) is 0 Å². The Morgan fingerprint density at radius 2 is 2.45 bits per heavy atom. The van der Waals surface area contributed by atoms with Crippen molar-refractivity contribution in [1.82, 2.24) is 14.6 Å². The van der Waals surface area contributed by atoms with Crippen LogP contribution >= 0.6 is 11.3 Å². The third kappa shape index (κ3) is 0.795. The molecule has 6 heteroatoms. The van der Waals surface area contributed by atoms with E-state index in [1.807, 2.05) is 0 Å². The topological polar surface area (TPSA) is 73.8 Å². The molecule has 0 radical (unpaired) electrons. The van der Waals surface area contributed by atoms with Gasteiger partial charge in [0.25, 0.3) is 0 Å². The molecule has 0 unspecified atom stereocenters. The first kappa shape index (κ1) is 6.29. The van der Waals surface area contributed by atoms with E-state index in [-0.39, 0.29) is 4.87 Å². The fourth-order valence-electron chi connectivity index (χ4n) is 0.793. The van der Waals surface area contributed by atoms with Crippen LogP contribution in [0.2, 0.25) is 0 Å². The number of thiazole rings is 1. The van der Waals surface area contributed by atoms with Crippen LogP contribution < -0.4 is 10.7 Å². The molecule has 5 nitrogen and oxygen atoms in total. The van der Waals surface area contributed by atoms with Crippen LogP contribution in [-0.4, -0.2) is 14.6 Å². The monoisotopic (exact) mass is 168 g/mol. The fraction of sp³-hybridized carbons (Fsp3) is 0. The molecule has 0 saturated heterocycles. The molecule has 0 aliphatic carbocycles. The van der Waals surface area contributed by atoms with Gasteiger partial charge in [-0.25, -0.2) is 9.97 Å². The smallest absolute Gasteiger partial charge is 0.327 e. The zero-order valence-electron chi connectivity index (χ0n) is 5.39. The van der Waals surface area contributed by atoms with Crippen LogP contribution in [-0.2, 0) is 0 Å². The first-order valence-corrected chi connectivity index (χ1v) is 3.67. The van der Waals surface area contributed by atoms with E-state index in [0.29, 0.717) is 10.3 Å². The Hall–Kier alpha value is -1.43. The predicted molar refractivity (Wildman–Crippen MR) is 41.8 cm³/mol. The Bertz CT molecular complexity index is 445. The van der Waals surface area contributed by atoms with E-state index in [9.17, 15) is 4.79 Å². The summed E-state index contributed by atoms with van der Waals surface area (Å²) in [6, 6.07) is 0. The van der Waals surface area contributed by atoms with Crippen molar-refractivity contribution in [2.75, 3.05) is 5.84 Å². The zero-order valence-corrected chi connectivity index (χ0v) is 6.21. The summed E-state index contributed by atoms with van der Waals surface area (Å²) >= 11 is 1.04. The largest absolute Gasteiger partial charge is 0.334 e. The van der Waals surface area contributed by atoms with Crippen molar-refractivity contribution >= 4 is 21.7 Å². The molecule has 2 aromatic heterocycles. The maximum Gasteiger partial charge on any atom is 0.327 e. The van der Waals surface area contributed by atoms with Gasteiger partial charge in [0.1, 0.15) is 6.33 Å². The standard InChI is InChI=1S/C5H4N4OS/c6-9-4-3(11-5(9)10)1-7-2-8-4/h1-2H,6H2. The van der Waals surface area contributed by atoms with Gasteiger partial charge in [-0.05, 0) is 0 Å². The minimum absolute atomic E-state index is 0.222. The van der Waals surface area contributed by atoms with E-state index in [1.54, 1.807) is 6.20 Å². The van der Waals surface area contributed by atoms with Crippen molar-refractivity contribution in [3.05, 3.63) is 22.2 Å². The van der Waals surface area contributed by atoms with E-state index >= 15 is 0 Å². The van der Waals surface area contributed by atoms with Gasteiger partial charge in [-0.2, -0.15) is 4.68 Å². The molecule has 56 valence electrons. The first-order chi connectivity index (χ1) is 5.29. The van der Waals surface area contributed by atoms with Crippen LogP contribution in [0.3, 0.4) is 0 Å². The lowest BCUT2D eigenvalue weighted by atomic mass is 10.6. The van der Waals surface area contributed by atoms with Gasteiger partial charge in [-0.15, -0.1) is 0 Å². The van der Waals surface area contributed by atoms with Crippen LogP contribution in [0.25, 0.3) is 10.3 Å². The van der Waals surface area contributed by atoms with Gasteiger partial charge >= 0.3 is 4.87 Å². The van der Waals surface area contributed by atoms with Gasteiger partial charge in [0, 0.05) is 6.20 Å².